The third-order valence-electron chi connectivity index (χ3n) is 5.74. The number of fused-ring (bicyclic) bond motifs is 2. The second-order valence-electron chi connectivity index (χ2n) is 8.15. The Labute approximate surface area is 146 Å². The van der Waals surface area contributed by atoms with Crippen molar-refractivity contribution in [1.82, 2.24) is 0 Å². The normalized spacial score (nSPS) is 33.3. The fourth-order valence-electron chi connectivity index (χ4n) is 3.86. The lowest BCUT2D eigenvalue weighted by atomic mass is 9.88. The molecule has 2 aliphatic heterocycles. The summed E-state index contributed by atoms with van der Waals surface area (Å²) in [7, 11) is 0. The number of carbonyl (C=O) groups excluding carboxylic acids is 1. The van der Waals surface area contributed by atoms with E-state index in [2.05, 4.69) is 6.92 Å². The molecule has 0 spiro atoms. The molecule has 2 aliphatic rings. The molecular formula is C20H34O4. The molecule has 2 fully saturated rings. The van der Waals surface area contributed by atoms with E-state index in [1.807, 2.05) is 26.8 Å². The molecule has 0 aliphatic carbocycles. The first kappa shape index (κ1) is 19.6. The maximum Gasteiger partial charge on any atom is 0.139 e. The number of hydrogen-bond acceptors (Lipinski definition) is 4. The zero-order valence-corrected chi connectivity index (χ0v) is 15.8. The Hall–Kier alpha value is -0.710. The van der Waals surface area contributed by atoms with Crippen molar-refractivity contribution >= 4 is 5.78 Å². The van der Waals surface area contributed by atoms with Crippen LogP contribution in [0.1, 0.15) is 72.6 Å². The van der Waals surface area contributed by atoms with Gasteiger partial charge in [-0.3, -0.25) is 4.79 Å². The van der Waals surface area contributed by atoms with Crippen LogP contribution in [-0.2, 0) is 14.3 Å². The third kappa shape index (κ3) is 4.68. The third-order valence-corrected chi connectivity index (χ3v) is 5.74. The number of aliphatic hydroxyl groups excluding tert-OH is 1. The van der Waals surface area contributed by atoms with Gasteiger partial charge in [-0.2, -0.15) is 0 Å². The molecule has 0 aromatic carbocycles. The monoisotopic (exact) mass is 338 g/mol. The summed E-state index contributed by atoms with van der Waals surface area (Å²) in [6.45, 7) is 8.95. The number of carbonyl (C=O) groups is 1. The highest BCUT2D eigenvalue weighted by atomic mass is 16.6. The Bertz CT molecular complexity index is 468. The molecular weight excluding hydrogens is 304 g/mol. The van der Waals surface area contributed by atoms with Crippen molar-refractivity contribution in [2.75, 3.05) is 13.2 Å². The fraction of sp³-hybridized carbons (Fsp3) is 0.850. The van der Waals surface area contributed by atoms with Crippen LogP contribution < -0.4 is 0 Å². The van der Waals surface area contributed by atoms with E-state index in [-0.39, 0.29) is 29.8 Å². The van der Waals surface area contributed by atoms with E-state index in [0.717, 1.165) is 32.1 Å². The summed E-state index contributed by atoms with van der Waals surface area (Å²) in [5.41, 5.74) is 0.688. The molecule has 0 radical (unpaired) electrons. The van der Waals surface area contributed by atoms with Gasteiger partial charge in [-0.1, -0.05) is 18.6 Å². The van der Waals surface area contributed by atoms with Gasteiger partial charge in [-0.05, 0) is 52.9 Å². The summed E-state index contributed by atoms with van der Waals surface area (Å²) >= 11 is 0. The molecule has 0 saturated carbocycles. The van der Waals surface area contributed by atoms with Gasteiger partial charge in [0.15, 0.2) is 0 Å². The van der Waals surface area contributed by atoms with E-state index in [9.17, 15) is 9.90 Å². The number of ether oxygens (including phenoxy) is 2. The molecule has 138 valence electrons. The van der Waals surface area contributed by atoms with Gasteiger partial charge < -0.3 is 14.6 Å². The van der Waals surface area contributed by atoms with Gasteiger partial charge in [0.25, 0.3) is 0 Å². The van der Waals surface area contributed by atoms with Crippen LogP contribution in [0.15, 0.2) is 11.6 Å². The quantitative estimate of drug-likeness (QED) is 0.650. The van der Waals surface area contributed by atoms with E-state index >= 15 is 0 Å². The zero-order valence-electron chi connectivity index (χ0n) is 15.8. The molecule has 4 nitrogen and oxygen atoms in total. The number of ketones is 1. The Morgan fingerprint density at radius 1 is 1.38 bits per heavy atom. The molecule has 0 aromatic heterocycles. The van der Waals surface area contributed by atoms with Crippen molar-refractivity contribution in [2.24, 2.45) is 5.92 Å². The van der Waals surface area contributed by atoms with Crippen molar-refractivity contribution in [3.05, 3.63) is 11.6 Å². The van der Waals surface area contributed by atoms with Gasteiger partial charge >= 0.3 is 0 Å². The summed E-state index contributed by atoms with van der Waals surface area (Å²) in [5, 5.41) is 9.22. The van der Waals surface area contributed by atoms with E-state index in [4.69, 9.17) is 9.47 Å². The van der Waals surface area contributed by atoms with Crippen LogP contribution in [0.3, 0.4) is 0 Å². The van der Waals surface area contributed by atoms with Gasteiger partial charge in [0, 0.05) is 25.4 Å². The van der Waals surface area contributed by atoms with Gasteiger partial charge in [-0.25, -0.2) is 0 Å². The van der Waals surface area contributed by atoms with Crippen molar-refractivity contribution in [2.45, 2.75) is 89.9 Å². The van der Waals surface area contributed by atoms with Gasteiger partial charge in [0.1, 0.15) is 5.78 Å². The van der Waals surface area contributed by atoms with E-state index in [1.54, 1.807) is 0 Å². The standard InChI is InChI=1S/C20H34O4/c1-15(2)7-8-17(22)16(3)6-5-10-19(4)18-9-11-20(24-18,12-13-21)14-23-19/h7,16,18,21H,5-6,8-14H2,1-4H3/t16?,18-,19+,20-/m1/s1. The number of allylic oxidation sites excluding steroid dienone is 2. The average Bonchev–Trinajstić information content (AvgIpc) is 2.91. The largest absolute Gasteiger partial charge is 0.396 e. The first-order valence-electron chi connectivity index (χ1n) is 9.39. The van der Waals surface area contributed by atoms with Crippen LogP contribution in [0, 0.1) is 5.92 Å². The van der Waals surface area contributed by atoms with Crippen molar-refractivity contribution in [3.8, 4) is 0 Å². The number of rotatable bonds is 9. The first-order chi connectivity index (χ1) is 11.3. The minimum Gasteiger partial charge on any atom is -0.396 e. The molecule has 1 N–H and O–H groups in total. The smallest absolute Gasteiger partial charge is 0.139 e. The first-order valence-corrected chi connectivity index (χ1v) is 9.39. The molecule has 2 heterocycles. The van der Waals surface area contributed by atoms with Crippen LogP contribution in [0.25, 0.3) is 0 Å². The minimum atomic E-state index is -0.257. The summed E-state index contributed by atoms with van der Waals surface area (Å²) in [5.74, 6) is 0.427. The lowest BCUT2D eigenvalue weighted by Crippen LogP contribution is -2.52. The van der Waals surface area contributed by atoms with Crippen LogP contribution >= 0.6 is 0 Å². The second kappa shape index (κ2) is 8.11. The Balaban J connectivity index is 1.78. The number of Topliss-reactive ketones (excluding diaryl/α,β-unsaturated/α-hetero) is 1. The lowest BCUT2D eigenvalue weighted by Gasteiger charge is -2.44. The summed E-state index contributed by atoms with van der Waals surface area (Å²) in [6.07, 6.45) is 8.13. The minimum absolute atomic E-state index is 0.103. The average molecular weight is 338 g/mol. The molecule has 2 saturated heterocycles. The molecule has 24 heavy (non-hydrogen) atoms. The maximum atomic E-state index is 12.1. The predicted molar refractivity (Wildman–Crippen MR) is 95.0 cm³/mol. The Morgan fingerprint density at radius 3 is 2.79 bits per heavy atom. The van der Waals surface area contributed by atoms with Crippen LogP contribution in [-0.4, -0.2) is 41.4 Å². The highest BCUT2D eigenvalue weighted by Gasteiger charge is 2.53. The molecule has 4 heteroatoms. The van der Waals surface area contributed by atoms with Crippen LogP contribution in [0.2, 0.25) is 0 Å². The molecule has 2 bridgehead atoms. The van der Waals surface area contributed by atoms with E-state index in [0.29, 0.717) is 25.2 Å². The van der Waals surface area contributed by atoms with Crippen molar-refractivity contribution in [1.29, 1.82) is 0 Å². The zero-order chi connectivity index (χ0) is 17.8. The Kier molecular flexibility index (Phi) is 6.63. The van der Waals surface area contributed by atoms with Gasteiger partial charge in [0.05, 0.1) is 23.9 Å². The fourth-order valence-corrected chi connectivity index (χ4v) is 3.86. The van der Waals surface area contributed by atoms with E-state index in [1.165, 1.54) is 5.57 Å². The summed E-state index contributed by atoms with van der Waals surface area (Å²) < 4.78 is 12.5. The van der Waals surface area contributed by atoms with Gasteiger partial charge in [-0.15, -0.1) is 0 Å². The van der Waals surface area contributed by atoms with E-state index < -0.39 is 0 Å². The Morgan fingerprint density at radius 2 is 2.12 bits per heavy atom. The maximum absolute atomic E-state index is 12.1. The molecule has 1 unspecified atom stereocenters. The lowest BCUT2D eigenvalue weighted by molar-refractivity contribution is -0.243. The molecule has 4 atom stereocenters. The summed E-state index contributed by atoms with van der Waals surface area (Å²) in [4.78, 5) is 12.1. The molecule has 0 aromatic rings. The molecule has 2 rings (SSSR count). The summed E-state index contributed by atoms with van der Waals surface area (Å²) in [6, 6.07) is 0. The SMILES string of the molecule is CC(C)=CCC(=O)C(C)CCC[C@]1(C)OC[C@]2(CCO)CC[C@H]1O2. The highest BCUT2D eigenvalue weighted by Crippen LogP contribution is 2.46. The number of hydrogen-bond donors (Lipinski definition) is 1. The van der Waals surface area contributed by atoms with Gasteiger partial charge in [0.2, 0.25) is 0 Å². The topological polar surface area (TPSA) is 55.8 Å². The predicted octanol–water partition coefficient (Wildman–Crippen LogP) is 3.81. The van der Waals surface area contributed by atoms with Crippen molar-refractivity contribution < 1.29 is 19.4 Å². The highest BCUT2D eigenvalue weighted by molar-refractivity contribution is 5.82. The van der Waals surface area contributed by atoms with Crippen LogP contribution in [0.4, 0.5) is 0 Å². The van der Waals surface area contributed by atoms with Crippen LogP contribution in [0.5, 0.6) is 0 Å². The second-order valence-corrected chi connectivity index (χ2v) is 8.15. The van der Waals surface area contributed by atoms with Crippen molar-refractivity contribution in [3.63, 3.8) is 0 Å². The molecule has 0 amide bonds. The number of aliphatic hydroxyl groups is 1.